The van der Waals surface area contributed by atoms with Crippen LogP contribution >= 0.6 is 0 Å². The van der Waals surface area contributed by atoms with Crippen molar-refractivity contribution in [3.63, 3.8) is 0 Å². The minimum Gasteiger partial charge on any atom is -0.465 e. The Morgan fingerprint density at radius 2 is 1.86 bits per heavy atom. The number of carbonyl (C=O) groups excluding carboxylic acids is 2. The van der Waals surface area contributed by atoms with Gasteiger partial charge in [-0.25, -0.2) is 4.79 Å². The van der Waals surface area contributed by atoms with Crippen molar-refractivity contribution in [3.05, 3.63) is 98.0 Å². The van der Waals surface area contributed by atoms with E-state index in [2.05, 4.69) is 5.32 Å². The summed E-state index contributed by atoms with van der Waals surface area (Å²) in [4.78, 5) is 50.7. The fourth-order valence-corrected chi connectivity index (χ4v) is 5.25. The second-order valence-corrected chi connectivity index (χ2v) is 9.06. The number of anilines is 2. The van der Waals surface area contributed by atoms with Crippen molar-refractivity contribution in [2.45, 2.75) is 18.9 Å². The molecule has 3 aromatic rings. The molecule has 3 heterocycles. The number of nitro groups is 1. The molecule has 2 aromatic carbocycles. The normalized spacial score (nSPS) is 18.2. The van der Waals surface area contributed by atoms with Crippen LogP contribution in [0.25, 0.3) is 0 Å². The summed E-state index contributed by atoms with van der Waals surface area (Å²) < 4.78 is 6.56. The van der Waals surface area contributed by atoms with Crippen LogP contribution in [0.15, 0.2) is 65.5 Å². The van der Waals surface area contributed by atoms with Gasteiger partial charge in [0.25, 0.3) is 17.2 Å². The lowest BCUT2D eigenvalue weighted by Crippen LogP contribution is -2.47. The summed E-state index contributed by atoms with van der Waals surface area (Å²) in [7, 11) is 1.24. The van der Waals surface area contributed by atoms with Gasteiger partial charge in [-0.2, -0.15) is 0 Å². The zero-order valence-corrected chi connectivity index (χ0v) is 19.5. The van der Waals surface area contributed by atoms with Crippen molar-refractivity contribution >= 4 is 28.9 Å². The van der Waals surface area contributed by atoms with E-state index in [9.17, 15) is 24.5 Å². The van der Waals surface area contributed by atoms with E-state index in [4.69, 9.17) is 4.74 Å². The van der Waals surface area contributed by atoms with Crippen LogP contribution in [0.3, 0.4) is 0 Å². The van der Waals surface area contributed by atoms with Gasteiger partial charge in [0.2, 0.25) is 0 Å². The summed E-state index contributed by atoms with van der Waals surface area (Å²) in [6, 6.07) is 16.0. The molecule has 0 spiro atoms. The first-order chi connectivity index (χ1) is 17.4. The SMILES string of the molecule is COC(=O)c1ccccc1NC(=O)c1ccc(N2C[C@H]3C[C@@H](C2)c2cccc(=O)n2C3)c([N+](=O)[O-])c1. The highest BCUT2D eigenvalue weighted by Crippen LogP contribution is 2.39. The Balaban J connectivity index is 1.42. The number of carbonyl (C=O) groups is 2. The predicted molar refractivity (Wildman–Crippen MR) is 133 cm³/mol. The molecule has 36 heavy (non-hydrogen) atoms. The largest absolute Gasteiger partial charge is 0.465 e. The van der Waals surface area contributed by atoms with Crippen LogP contribution in [0.5, 0.6) is 0 Å². The van der Waals surface area contributed by atoms with Gasteiger partial charge in [0.1, 0.15) is 5.69 Å². The smallest absolute Gasteiger partial charge is 0.339 e. The van der Waals surface area contributed by atoms with Crippen LogP contribution in [0.2, 0.25) is 0 Å². The quantitative estimate of drug-likeness (QED) is 0.332. The van der Waals surface area contributed by atoms with E-state index in [1.165, 1.54) is 19.2 Å². The monoisotopic (exact) mass is 488 g/mol. The third kappa shape index (κ3) is 4.21. The highest BCUT2D eigenvalue weighted by molar-refractivity contribution is 6.08. The Hall–Kier alpha value is -4.47. The predicted octanol–water partition coefficient (Wildman–Crippen LogP) is 3.42. The number of pyridine rings is 1. The first kappa shape index (κ1) is 23.3. The van der Waals surface area contributed by atoms with Gasteiger partial charge in [-0.3, -0.25) is 19.7 Å². The van der Waals surface area contributed by atoms with E-state index >= 15 is 0 Å². The Labute approximate surface area is 206 Å². The third-order valence-corrected chi connectivity index (χ3v) is 6.84. The fraction of sp³-hybridized carbons (Fsp3) is 0.269. The first-order valence-corrected chi connectivity index (χ1v) is 11.6. The molecule has 1 saturated heterocycles. The Morgan fingerprint density at radius 1 is 1.06 bits per heavy atom. The molecule has 2 aliphatic heterocycles. The van der Waals surface area contributed by atoms with E-state index in [-0.39, 0.29) is 39.9 Å². The number of hydrogen-bond donors (Lipinski definition) is 1. The lowest BCUT2D eigenvalue weighted by Gasteiger charge is -2.43. The molecule has 0 saturated carbocycles. The minimum atomic E-state index is -0.605. The van der Waals surface area contributed by atoms with Gasteiger partial charge >= 0.3 is 5.97 Å². The number of fused-ring (bicyclic) bond motifs is 4. The van der Waals surface area contributed by atoms with E-state index < -0.39 is 16.8 Å². The molecule has 5 rings (SSSR count). The Kier molecular flexibility index (Phi) is 6.01. The molecule has 2 bridgehead atoms. The summed E-state index contributed by atoms with van der Waals surface area (Å²) in [6.45, 7) is 1.70. The molecule has 0 aliphatic carbocycles. The average Bonchev–Trinajstić information content (AvgIpc) is 2.88. The molecule has 10 heteroatoms. The van der Waals surface area contributed by atoms with E-state index in [0.29, 0.717) is 25.3 Å². The third-order valence-electron chi connectivity index (χ3n) is 6.84. The van der Waals surface area contributed by atoms with Crippen molar-refractivity contribution in [2.24, 2.45) is 5.92 Å². The number of nitrogens with zero attached hydrogens (tertiary/aromatic N) is 3. The number of ether oxygens (including phenoxy) is 1. The molecule has 2 aliphatic rings. The fourth-order valence-electron chi connectivity index (χ4n) is 5.25. The number of para-hydroxylation sites is 1. The molecule has 1 aromatic heterocycles. The summed E-state index contributed by atoms with van der Waals surface area (Å²) >= 11 is 0. The van der Waals surface area contributed by atoms with E-state index in [1.54, 1.807) is 42.5 Å². The highest BCUT2D eigenvalue weighted by atomic mass is 16.6. The number of hydrogen-bond acceptors (Lipinski definition) is 7. The van der Waals surface area contributed by atoms with Crippen LogP contribution < -0.4 is 15.8 Å². The molecule has 184 valence electrons. The zero-order chi connectivity index (χ0) is 25.4. The Bertz CT molecular complexity index is 1430. The molecule has 1 N–H and O–H groups in total. The molecule has 10 nitrogen and oxygen atoms in total. The molecular weight excluding hydrogens is 464 g/mol. The maximum Gasteiger partial charge on any atom is 0.339 e. The number of esters is 1. The lowest BCUT2D eigenvalue weighted by atomic mass is 9.83. The number of methoxy groups -OCH3 is 1. The standard InChI is InChI=1S/C26H24N4O6/c1-36-26(33)19-5-2-3-6-20(19)27-25(32)17-9-10-22(23(12-17)30(34)35)28-13-16-11-18(15-28)21-7-4-8-24(31)29(21)14-16/h2-10,12,16,18H,11,13-15H2,1H3,(H,27,32)/t16-,18+/m1/s1. The summed E-state index contributed by atoms with van der Waals surface area (Å²) in [5, 5.41) is 14.7. The Morgan fingerprint density at radius 3 is 2.64 bits per heavy atom. The summed E-state index contributed by atoms with van der Waals surface area (Å²) in [5.74, 6) is -0.908. The van der Waals surface area contributed by atoms with Crippen LogP contribution in [0.1, 0.15) is 38.7 Å². The molecular formula is C26H24N4O6. The van der Waals surface area contributed by atoms with Crippen molar-refractivity contribution in [2.75, 3.05) is 30.4 Å². The number of nitro benzene ring substituents is 1. The molecule has 2 atom stereocenters. The number of aromatic nitrogens is 1. The minimum absolute atomic E-state index is 0.0224. The summed E-state index contributed by atoms with van der Waals surface area (Å²) in [6.07, 6.45) is 0.924. The summed E-state index contributed by atoms with van der Waals surface area (Å²) in [5.41, 5.74) is 1.72. The number of amides is 1. The van der Waals surface area contributed by atoms with Crippen LogP contribution in [0, 0.1) is 16.0 Å². The van der Waals surface area contributed by atoms with Crippen molar-refractivity contribution in [1.82, 2.24) is 4.57 Å². The van der Waals surface area contributed by atoms with Gasteiger partial charge in [0.05, 0.1) is 23.3 Å². The van der Waals surface area contributed by atoms with Crippen LogP contribution in [-0.4, -0.2) is 41.6 Å². The molecule has 0 unspecified atom stereocenters. The van der Waals surface area contributed by atoms with Crippen molar-refractivity contribution in [3.8, 4) is 0 Å². The van der Waals surface area contributed by atoms with Gasteiger partial charge in [-0.15, -0.1) is 0 Å². The topological polar surface area (TPSA) is 124 Å². The second kappa shape index (κ2) is 9.29. The first-order valence-electron chi connectivity index (χ1n) is 11.6. The lowest BCUT2D eigenvalue weighted by molar-refractivity contribution is -0.384. The van der Waals surface area contributed by atoms with Crippen molar-refractivity contribution < 1.29 is 19.2 Å². The highest BCUT2D eigenvalue weighted by Gasteiger charge is 2.36. The van der Waals surface area contributed by atoms with Gasteiger partial charge in [-0.05, 0) is 42.7 Å². The zero-order valence-electron chi connectivity index (χ0n) is 19.5. The van der Waals surface area contributed by atoms with E-state index in [1.807, 2.05) is 15.5 Å². The number of nitrogens with one attached hydrogen (secondary N) is 1. The molecule has 0 radical (unpaired) electrons. The van der Waals surface area contributed by atoms with Gasteiger partial charge in [-0.1, -0.05) is 18.2 Å². The molecule has 1 amide bonds. The second-order valence-electron chi connectivity index (χ2n) is 9.06. The number of rotatable bonds is 5. The van der Waals surface area contributed by atoms with Crippen LogP contribution in [0.4, 0.5) is 17.1 Å². The number of benzene rings is 2. The average molecular weight is 489 g/mol. The van der Waals surface area contributed by atoms with Gasteiger partial charge < -0.3 is 19.5 Å². The van der Waals surface area contributed by atoms with Crippen LogP contribution in [-0.2, 0) is 11.3 Å². The van der Waals surface area contributed by atoms with Gasteiger partial charge in [0, 0.05) is 48.9 Å². The maximum atomic E-state index is 12.9. The maximum absolute atomic E-state index is 12.9. The van der Waals surface area contributed by atoms with Gasteiger partial charge in [0.15, 0.2) is 0 Å². The van der Waals surface area contributed by atoms with Crippen molar-refractivity contribution in [1.29, 1.82) is 0 Å². The molecule has 1 fully saturated rings. The number of piperidine rings is 1. The van der Waals surface area contributed by atoms with E-state index in [0.717, 1.165) is 12.1 Å².